The number of phenols is 1. The molecule has 1 amide bonds. The van der Waals surface area contributed by atoms with Gasteiger partial charge in [0.2, 0.25) is 0 Å². The smallest absolute Gasteiger partial charge is 0.271 e. The first-order valence-electron chi connectivity index (χ1n) is 6.17. The van der Waals surface area contributed by atoms with Crippen LogP contribution in [0.2, 0.25) is 0 Å². The number of amides is 1. The molecule has 0 spiro atoms. The zero-order chi connectivity index (χ0) is 16.1. The summed E-state index contributed by atoms with van der Waals surface area (Å²) in [6.07, 6.45) is 1.33. The number of hydrogen-bond acceptors (Lipinski definition) is 3. The maximum atomic E-state index is 12.4. The fraction of sp³-hybridized carbons (Fsp3) is 0.0667. The van der Waals surface area contributed by atoms with E-state index < -0.39 is 12.6 Å². The van der Waals surface area contributed by atoms with Gasteiger partial charge in [0, 0.05) is 15.6 Å². The first-order chi connectivity index (χ1) is 10.5. The minimum Gasteiger partial charge on any atom is -0.506 e. The summed E-state index contributed by atoms with van der Waals surface area (Å²) in [5.41, 5.74) is 3.66. The number of rotatable bonds is 4. The summed E-state index contributed by atoms with van der Waals surface area (Å²) in [5, 5.41) is 13.7. The van der Waals surface area contributed by atoms with Crippen LogP contribution in [0, 0.1) is 0 Å². The van der Waals surface area contributed by atoms with Crippen molar-refractivity contribution in [3.63, 3.8) is 0 Å². The summed E-state index contributed by atoms with van der Waals surface area (Å²) in [7, 11) is 0. The summed E-state index contributed by atoms with van der Waals surface area (Å²) >= 11 is 6.51. The average molecular weight is 430 g/mol. The van der Waals surface area contributed by atoms with Crippen LogP contribution in [0.1, 0.15) is 21.5 Å². The van der Waals surface area contributed by atoms with Gasteiger partial charge in [0.1, 0.15) is 12.4 Å². The van der Waals surface area contributed by atoms with Crippen LogP contribution in [0.25, 0.3) is 0 Å². The topological polar surface area (TPSA) is 61.7 Å². The Morgan fingerprint density at radius 1 is 1.27 bits per heavy atom. The Morgan fingerprint density at radius 3 is 2.59 bits per heavy atom. The summed E-state index contributed by atoms with van der Waals surface area (Å²) < 4.78 is 13.7. The largest absolute Gasteiger partial charge is 0.506 e. The second kappa shape index (κ2) is 7.51. The van der Waals surface area contributed by atoms with Crippen molar-refractivity contribution < 1.29 is 14.3 Å². The summed E-state index contributed by atoms with van der Waals surface area (Å²) in [6.45, 7) is -0.572. The van der Waals surface area contributed by atoms with Gasteiger partial charge < -0.3 is 5.11 Å². The zero-order valence-electron chi connectivity index (χ0n) is 11.2. The van der Waals surface area contributed by atoms with Crippen LogP contribution in [0.3, 0.4) is 0 Å². The third-order valence-corrected chi connectivity index (χ3v) is 3.86. The minimum absolute atomic E-state index is 0.0218. The number of nitrogens with zero attached hydrogens (tertiary/aromatic N) is 1. The summed E-state index contributed by atoms with van der Waals surface area (Å²) in [5.74, 6) is -0.399. The number of hydrazone groups is 1. The molecule has 0 bridgehead atoms. The van der Waals surface area contributed by atoms with Crippen molar-refractivity contribution in [1.29, 1.82) is 0 Å². The van der Waals surface area contributed by atoms with E-state index in [0.29, 0.717) is 21.2 Å². The second-order valence-electron chi connectivity index (χ2n) is 4.36. The van der Waals surface area contributed by atoms with Crippen LogP contribution in [0.4, 0.5) is 4.39 Å². The maximum Gasteiger partial charge on any atom is 0.271 e. The molecule has 0 saturated carbocycles. The van der Waals surface area contributed by atoms with Crippen molar-refractivity contribution in [2.75, 3.05) is 0 Å². The monoisotopic (exact) mass is 428 g/mol. The van der Waals surface area contributed by atoms with Gasteiger partial charge in [0.15, 0.2) is 0 Å². The molecule has 2 aromatic rings. The average Bonchev–Trinajstić information content (AvgIpc) is 2.51. The Balaban J connectivity index is 2.07. The van der Waals surface area contributed by atoms with Crippen molar-refractivity contribution in [2.24, 2.45) is 5.10 Å². The number of carbonyl (C=O) groups is 1. The highest BCUT2D eigenvalue weighted by atomic mass is 79.9. The lowest BCUT2D eigenvalue weighted by molar-refractivity contribution is 0.0955. The molecular weight excluding hydrogens is 419 g/mol. The van der Waals surface area contributed by atoms with Gasteiger partial charge in [-0.05, 0) is 45.8 Å². The lowest BCUT2D eigenvalue weighted by atomic mass is 10.1. The van der Waals surface area contributed by atoms with Gasteiger partial charge in [-0.3, -0.25) is 4.79 Å². The number of nitrogens with one attached hydrogen (secondary N) is 1. The van der Waals surface area contributed by atoms with Crippen molar-refractivity contribution in [3.05, 3.63) is 62.0 Å². The standard InChI is InChI=1S/C15H11Br2FN2O2/c16-12-5-11(14(21)13(17)6-12)8-19-20-15(22)10-3-1-9(7-18)2-4-10/h1-6,8,21H,7H2,(H,20,22). The Labute approximate surface area is 143 Å². The normalized spacial score (nSPS) is 10.9. The Morgan fingerprint density at radius 2 is 1.95 bits per heavy atom. The van der Waals surface area contributed by atoms with Gasteiger partial charge in [0.25, 0.3) is 5.91 Å². The maximum absolute atomic E-state index is 12.4. The van der Waals surface area contributed by atoms with Gasteiger partial charge in [-0.2, -0.15) is 5.10 Å². The Hall–Kier alpha value is -1.73. The molecule has 0 aliphatic carbocycles. The van der Waals surface area contributed by atoms with Gasteiger partial charge >= 0.3 is 0 Å². The van der Waals surface area contributed by atoms with E-state index in [4.69, 9.17) is 0 Å². The number of carbonyl (C=O) groups excluding carboxylic acids is 1. The number of phenolic OH excluding ortho intramolecular Hbond substituents is 1. The number of alkyl halides is 1. The van der Waals surface area contributed by atoms with Crippen molar-refractivity contribution in [3.8, 4) is 5.75 Å². The molecule has 4 nitrogen and oxygen atoms in total. The molecule has 7 heteroatoms. The van der Waals surface area contributed by atoms with Crippen molar-refractivity contribution >= 4 is 44.0 Å². The molecule has 0 aromatic heterocycles. The summed E-state index contributed by atoms with van der Waals surface area (Å²) in [4.78, 5) is 11.9. The van der Waals surface area contributed by atoms with Crippen LogP contribution in [0.5, 0.6) is 5.75 Å². The molecule has 0 heterocycles. The van der Waals surface area contributed by atoms with E-state index in [-0.39, 0.29) is 5.75 Å². The van der Waals surface area contributed by atoms with E-state index in [1.54, 1.807) is 12.1 Å². The molecule has 2 rings (SSSR count). The molecule has 0 saturated heterocycles. The lowest BCUT2D eigenvalue weighted by Gasteiger charge is -2.03. The number of benzene rings is 2. The highest BCUT2D eigenvalue weighted by Crippen LogP contribution is 2.30. The quantitative estimate of drug-likeness (QED) is 0.566. The zero-order valence-corrected chi connectivity index (χ0v) is 14.4. The molecule has 0 atom stereocenters. The minimum atomic E-state index is -0.572. The van der Waals surface area contributed by atoms with Crippen LogP contribution in [-0.4, -0.2) is 17.2 Å². The van der Waals surface area contributed by atoms with E-state index in [2.05, 4.69) is 42.4 Å². The van der Waals surface area contributed by atoms with Gasteiger partial charge in [-0.1, -0.05) is 28.1 Å². The molecule has 114 valence electrons. The fourth-order valence-corrected chi connectivity index (χ4v) is 2.91. The number of halogens is 3. The summed E-state index contributed by atoms with van der Waals surface area (Å²) in [6, 6.07) is 9.47. The molecule has 22 heavy (non-hydrogen) atoms. The molecule has 0 aliphatic rings. The molecule has 0 unspecified atom stereocenters. The fourth-order valence-electron chi connectivity index (χ4n) is 1.65. The Bertz CT molecular complexity index is 718. The number of hydrogen-bond donors (Lipinski definition) is 2. The van der Waals surface area contributed by atoms with E-state index in [1.807, 2.05) is 0 Å². The van der Waals surface area contributed by atoms with Gasteiger partial charge in [-0.15, -0.1) is 0 Å². The van der Waals surface area contributed by atoms with Gasteiger partial charge in [0.05, 0.1) is 10.7 Å². The van der Waals surface area contributed by atoms with Crippen LogP contribution in [-0.2, 0) is 6.67 Å². The second-order valence-corrected chi connectivity index (χ2v) is 6.13. The van der Waals surface area contributed by atoms with Crippen LogP contribution < -0.4 is 5.43 Å². The third-order valence-electron chi connectivity index (χ3n) is 2.80. The predicted octanol–water partition coefficient (Wildman–Crippen LogP) is 4.15. The Kier molecular flexibility index (Phi) is 5.68. The molecule has 2 N–H and O–H groups in total. The molecular formula is C15H11Br2FN2O2. The van der Waals surface area contributed by atoms with Crippen molar-refractivity contribution in [2.45, 2.75) is 6.67 Å². The molecule has 0 aliphatic heterocycles. The van der Waals surface area contributed by atoms with E-state index >= 15 is 0 Å². The molecule has 2 aromatic carbocycles. The first-order valence-corrected chi connectivity index (χ1v) is 7.76. The van der Waals surface area contributed by atoms with Crippen LogP contribution in [0.15, 0.2) is 50.4 Å². The molecule has 0 radical (unpaired) electrons. The van der Waals surface area contributed by atoms with Gasteiger partial charge in [-0.25, -0.2) is 9.82 Å². The number of aromatic hydroxyl groups is 1. The first kappa shape index (κ1) is 16.6. The highest BCUT2D eigenvalue weighted by molar-refractivity contribution is 9.11. The van der Waals surface area contributed by atoms with E-state index in [9.17, 15) is 14.3 Å². The van der Waals surface area contributed by atoms with E-state index in [0.717, 1.165) is 4.47 Å². The molecule has 0 fully saturated rings. The van der Waals surface area contributed by atoms with E-state index in [1.165, 1.54) is 30.5 Å². The van der Waals surface area contributed by atoms with Crippen LogP contribution >= 0.6 is 31.9 Å². The SMILES string of the molecule is O=C(NN=Cc1cc(Br)cc(Br)c1O)c1ccc(CF)cc1. The predicted molar refractivity (Wildman–Crippen MR) is 89.8 cm³/mol. The van der Waals surface area contributed by atoms with Crippen molar-refractivity contribution in [1.82, 2.24) is 5.43 Å². The highest BCUT2D eigenvalue weighted by Gasteiger charge is 2.06. The third kappa shape index (κ3) is 4.14. The lowest BCUT2D eigenvalue weighted by Crippen LogP contribution is -2.17.